The second-order valence-electron chi connectivity index (χ2n) is 9.82. The summed E-state index contributed by atoms with van der Waals surface area (Å²) in [5.41, 5.74) is 1.46. The Labute approximate surface area is 237 Å². The summed E-state index contributed by atoms with van der Waals surface area (Å²) in [4.78, 5) is 38.6. The summed E-state index contributed by atoms with van der Waals surface area (Å²) >= 11 is 0. The van der Waals surface area contributed by atoms with Gasteiger partial charge in [0.1, 0.15) is 5.75 Å². The molecule has 4 rings (SSSR count). The van der Waals surface area contributed by atoms with Crippen molar-refractivity contribution < 1.29 is 36.4 Å². The number of fused-ring (bicyclic) bond motifs is 1. The van der Waals surface area contributed by atoms with Gasteiger partial charge in [0.2, 0.25) is 5.16 Å². The van der Waals surface area contributed by atoms with E-state index in [1.54, 1.807) is 38.2 Å². The highest BCUT2D eigenvalue weighted by atomic mass is 32.2. The Morgan fingerprint density at radius 2 is 1.95 bits per heavy atom. The number of benzene rings is 1. The van der Waals surface area contributed by atoms with Gasteiger partial charge in [-0.05, 0) is 51.9 Å². The average molecular weight is 596 g/mol. The smallest absolute Gasteiger partial charge is 0.422 e. The van der Waals surface area contributed by atoms with Crippen LogP contribution in [0.1, 0.15) is 31.0 Å². The van der Waals surface area contributed by atoms with E-state index in [1.807, 2.05) is 11.9 Å². The summed E-state index contributed by atoms with van der Waals surface area (Å²) in [5.74, 6) is -0.889. The molecule has 1 fully saturated rings. The van der Waals surface area contributed by atoms with Crippen molar-refractivity contribution in [3.8, 4) is 5.75 Å². The molecule has 0 bridgehead atoms. The Morgan fingerprint density at radius 3 is 2.66 bits per heavy atom. The number of alkyl halides is 3. The molecule has 0 spiro atoms. The molecule has 3 heterocycles. The summed E-state index contributed by atoms with van der Waals surface area (Å²) < 4.78 is 63.1. The maximum Gasteiger partial charge on any atom is 0.422 e. The van der Waals surface area contributed by atoms with E-state index in [4.69, 9.17) is 9.47 Å². The minimum Gasteiger partial charge on any atom is -0.484 e. The van der Waals surface area contributed by atoms with Crippen molar-refractivity contribution in [2.45, 2.75) is 49.9 Å². The van der Waals surface area contributed by atoms with Gasteiger partial charge >= 0.3 is 18.2 Å². The molecule has 0 aliphatic carbocycles. The predicted molar refractivity (Wildman–Crippen MR) is 145 cm³/mol. The van der Waals surface area contributed by atoms with Gasteiger partial charge in [0, 0.05) is 25.4 Å². The van der Waals surface area contributed by atoms with Crippen LogP contribution < -0.4 is 4.74 Å². The van der Waals surface area contributed by atoms with Gasteiger partial charge in [-0.3, -0.25) is 18.9 Å². The van der Waals surface area contributed by atoms with E-state index in [1.165, 1.54) is 28.7 Å². The van der Waals surface area contributed by atoms with Crippen molar-refractivity contribution in [3.05, 3.63) is 47.8 Å². The van der Waals surface area contributed by atoms with E-state index in [-0.39, 0.29) is 40.8 Å². The van der Waals surface area contributed by atoms with E-state index >= 15 is 0 Å². The van der Waals surface area contributed by atoms with Crippen molar-refractivity contribution in [2.24, 2.45) is 5.92 Å². The van der Waals surface area contributed by atoms with Gasteiger partial charge in [0.25, 0.3) is 0 Å². The Hall–Kier alpha value is -3.52. The van der Waals surface area contributed by atoms with E-state index in [0.29, 0.717) is 36.0 Å². The van der Waals surface area contributed by atoms with Gasteiger partial charge < -0.3 is 14.4 Å². The van der Waals surface area contributed by atoms with Crippen LogP contribution in [0.3, 0.4) is 0 Å². The van der Waals surface area contributed by atoms with Gasteiger partial charge in [-0.2, -0.15) is 13.2 Å². The lowest BCUT2D eigenvalue weighted by molar-refractivity contribution is -0.153. The van der Waals surface area contributed by atoms with Gasteiger partial charge in [0.05, 0.1) is 52.0 Å². The maximum absolute atomic E-state index is 14.0. The van der Waals surface area contributed by atoms with Crippen LogP contribution >= 0.6 is 0 Å². The molecular weight excluding hydrogens is 563 g/mol. The summed E-state index contributed by atoms with van der Waals surface area (Å²) in [6, 6.07) is 7.68. The highest BCUT2D eigenvalue weighted by molar-refractivity contribution is 7.84. The summed E-state index contributed by atoms with van der Waals surface area (Å²) in [6.45, 7) is 2.66. The molecule has 1 aromatic carbocycles. The lowest BCUT2D eigenvalue weighted by Gasteiger charge is -2.41. The number of carbonyl (C=O) groups is 2. The third-order valence-corrected chi connectivity index (χ3v) is 8.26. The number of pyridine rings is 1. The van der Waals surface area contributed by atoms with Crippen LogP contribution in [-0.4, -0.2) is 86.7 Å². The van der Waals surface area contributed by atoms with Gasteiger partial charge in [0.15, 0.2) is 6.61 Å². The second kappa shape index (κ2) is 12.6. The highest BCUT2D eigenvalue weighted by Crippen LogP contribution is 2.29. The fourth-order valence-electron chi connectivity index (χ4n) is 4.82. The number of hydrogen-bond acceptors (Lipinski definition) is 8. The number of rotatable bonds is 8. The molecule has 10 nitrogen and oxygen atoms in total. The first-order valence-electron chi connectivity index (χ1n) is 13.0. The Kier molecular flexibility index (Phi) is 9.32. The van der Waals surface area contributed by atoms with Crippen LogP contribution in [0.5, 0.6) is 5.75 Å². The number of carbonyl (C=O) groups excluding carboxylic acids is 2. The molecule has 222 valence electrons. The molecule has 1 aliphatic rings. The number of nitrogens with zero attached hydrogens (tertiary/aromatic N) is 5. The number of imidazole rings is 1. The molecule has 0 N–H and O–H groups in total. The number of para-hydroxylation sites is 2. The molecule has 1 saturated heterocycles. The summed E-state index contributed by atoms with van der Waals surface area (Å²) in [7, 11) is 1.57. The number of halogens is 3. The molecule has 3 unspecified atom stereocenters. The monoisotopic (exact) mass is 595 g/mol. The number of hydrogen-bond donors (Lipinski definition) is 0. The standard InChI is InChI=1S/C27H32F3N5O5S/c1-5-39-24(36)18-11-13-33(3)23(14-18)34(4)26(37)35-21-9-7-6-8-19(21)32-25(35)41(38)15-20-17(2)22(10-12-31-20)40-16-27(28,29)30/h6-10,12,18,23H,5,11,13-16H2,1-4H3. The molecular formula is C27H32F3N5O5S. The molecule has 3 atom stereocenters. The van der Waals surface area contributed by atoms with E-state index in [0.717, 1.165) is 0 Å². The van der Waals surface area contributed by atoms with Crippen molar-refractivity contribution in [2.75, 3.05) is 33.9 Å². The highest BCUT2D eigenvalue weighted by Gasteiger charge is 2.37. The first kappa shape index (κ1) is 30.4. The van der Waals surface area contributed by atoms with Crippen LogP contribution in [-0.2, 0) is 26.1 Å². The minimum absolute atomic E-state index is 0.0220. The lowest BCUT2D eigenvalue weighted by Crippen LogP contribution is -2.53. The molecule has 3 aromatic rings. The Morgan fingerprint density at radius 1 is 1.22 bits per heavy atom. The average Bonchev–Trinajstić information content (AvgIpc) is 3.32. The van der Waals surface area contributed by atoms with Crippen molar-refractivity contribution >= 4 is 33.8 Å². The molecule has 0 saturated carbocycles. The zero-order valence-electron chi connectivity index (χ0n) is 23.2. The van der Waals surface area contributed by atoms with Gasteiger partial charge in [-0.25, -0.2) is 14.3 Å². The number of esters is 1. The third kappa shape index (κ3) is 6.87. The minimum atomic E-state index is -4.52. The lowest BCUT2D eigenvalue weighted by atomic mass is 9.94. The number of piperidine rings is 1. The predicted octanol–water partition coefficient (Wildman–Crippen LogP) is 4.12. The SMILES string of the molecule is CCOC(=O)C1CCN(C)C(N(C)C(=O)n2c(S(=O)Cc3nccc(OCC(F)(F)F)c3C)nc3ccccc32)C1. The van der Waals surface area contributed by atoms with Crippen LogP contribution in [0.4, 0.5) is 18.0 Å². The normalized spacial score (nSPS) is 18.7. The second-order valence-corrected chi connectivity index (χ2v) is 11.2. The van der Waals surface area contributed by atoms with Crippen molar-refractivity contribution in [1.29, 1.82) is 0 Å². The molecule has 1 aliphatic heterocycles. The summed E-state index contributed by atoms with van der Waals surface area (Å²) in [5, 5.41) is -0.0220. The topological polar surface area (TPSA) is 107 Å². The zero-order chi connectivity index (χ0) is 29.9. The summed E-state index contributed by atoms with van der Waals surface area (Å²) in [6.07, 6.45) is -2.68. The number of amides is 1. The van der Waals surface area contributed by atoms with Crippen molar-refractivity contribution in [3.63, 3.8) is 0 Å². The molecule has 2 aromatic heterocycles. The molecule has 14 heteroatoms. The van der Waals surface area contributed by atoms with Gasteiger partial charge in [-0.15, -0.1) is 0 Å². The van der Waals surface area contributed by atoms with Gasteiger partial charge in [-0.1, -0.05) is 12.1 Å². The third-order valence-electron chi connectivity index (χ3n) is 7.05. The fraction of sp³-hybridized carbons (Fsp3) is 0.481. The van der Waals surface area contributed by atoms with E-state index in [9.17, 15) is 27.0 Å². The quantitative estimate of drug-likeness (QED) is 0.358. The van der Waals surface area contributed by atoms with Crippen LogP contribution in [0.25, 0.3) is 11.0 Å². The molecule has 0 radical (unpaired) electrons. The van der Waals surface area contributed by atoms with Crippen LogP contribution in [0.2, 0.25) is 0 Å². The Balaban J connectivity index is 1.63. The number of ether oxygens (including phenoxy) is 2. The molecule has 1 amide bonds. The Bertz CT molecular complexity index is 1450. The largest absolute Gasteiger partial charge is 0.484 e. The fourth-order valence-corrected chi connectivity index (χ4v) is 6.07. The van der Waals surface area contributed by atoms with Crippen LogP contribution in [0, 0.1) is 12.8 Å². The van der Waals surface area contributed by atoms with Crippen molar-refractivity contribution in [1.82, 2.24) is 24.3 Å². The number of likely N-dealkylation sites (tertiary alicyclic amines) is 1. The van der Waals surface area contributed by atoms with E-state index < -0.39 is 35.8 Å². The first-order valence-corrected chi connectivity index (χ1v) is 14.4. The number of aromatic nitrogens is 3. The van der Waals surface area contributed by atoms with Crippen LogP contribution in [0.15, 0.2) is 41.7 Å². The first-order chi connectivity index (χ1) is 19.4. The molecule has 41 heavy (non-hydrogen) atoms. The zero-order valence-corrected chi connectivity index (χ0v) is 24.0. The van der Waals surface area contributed by atoms with E-state index in [2.05, 4.69) is 9.97 Å². The maximum atomic E-state index is 14.0.